The molecule has 1 aromatic rings. The van der Waals surface area contributed by atoms with Crippen LogP contribution in [0.1, 0.15) is 18.9 Å². The van der Waals surface area contributed by atoms with E-state index in [2.05, 4.69) is 28.2 Å². The van der Waals surface area contributed by atoms with E-state index >= 15 is 0 Å². The second-order valence-corrected chi connectivity index (χ2v) is 5.48. The summed E-state index contributed by atoms with van der Waals surface area (Å²) in [6.45, 7) is 3.68. The lowest BCUT2D eigenvalue weighted by Gasteiger charge is -2.18. The molecule has 1 saturated heterocycles. The van der Waals surface area contributed by atoms with Crippen LogP contribution in [0.5, 0.6) is 0 Å². The minimum absolute atomic E-state index is 0.143. The average molecular weight is 302 g/mol. The van der Waals surface area contributed by atoms with Crippen LogP contribution in [0.25, 0.3) is 0 Å². The second-order valence-electron chi connectivity index (χ2n) is 4.57. The molecule has 1 aliphatic rings. The van der Waals surface area contributed by atoms with E-state index in [-0.39, 0.29) is 11.9 Å². The Morgan fingerprint density at radius 1 is 1.59 bits per heavy atom. The van der Waals surface area contributed by atoms with E-state index in [1.165, 1.54) is 6.07 Å². The van der Waals surface area contributed by atoms with E-state index < -0.39 is 0 Å². The van der Waals surface area contributed by atoms with Crippen LogP contribution in [-0.4, -0.2) is 25.3 Å². The minimum atomic E-state index is -0.143. The van der Waals surface area contributed by atoms with Crippen molar-refractivity contribution in [3.8, 4) is 0 Å². The Morgan fingerprint density at radius 3 is 3.06 bits per heavy atom. The largest absolute Gasteiger partial charge is 0.380 e. The molecule has 2 atom stereocenters. The van der Waals surface area contributed by atoms with Crippen molar-refractivity contribution in [3.05, 3.63) is 34.1 Å². The number of benzene rings is 1. The monoisotopic (exact) mass is 301 g/mol. The van der Waals surface area contributed by atoms with Crippen molar-refractivity contribution in [2.45, 2.75) is 31.8 Å². The summed E-state index contributed by atoms with van der Waals surface area (Å²) >= 11 is 3.26. The van der Waals surface area contributed by atoms with Crippen molar-refractivity contribution in [2.24, 2.45) is 0 Å². The van der Waals surface area contributed by atoms with Crippen LogP contribution < -0.4 is 5.32 Å². The molecule has 1 aromatic carbocycles. The maximum Gasteiger partial charge on any atom is 0.127 e. The van der Waals surface area contributed by atoms with E-state index in [9.17, 15) is 4.39 Å². The van der Waals surface area contributed by atoms with Gasteiger partial charge in [0.2, 0.25) is 0 Å². The van der Waals surface area contributed by atoms with Gasteiger partial charge in [0.25, 0.3) is 0 Å². The van der Waals surface area contributed by atoms with Gasteiger partial charge < -0.3 is 10.1 Å². The van der Waals surface area contributed by atoms with Crippen molar-refractivity contribution in [2.75, 3.05) is 13.2 Å². The van der Waals surface area contributed by atoms with Gasteiger partial charge in [-0.25, -0.2) is 4.39 Å². The number of hydrogen-bond acceptors (Lipinski definition) is 2. The molecule has 0 bridgehead atoms. The average Bonchev–Trinajstić information content (AvgIpc) is 2.75. The molecule has 0 saturated carbocycles. The molecule has 0 aromatic heterocycles. The third kappa shape index (κ3) is 3.76. The van der Waals surface area contributed by atoms with E-state index in [1.807, 2.05) is 12.1 Å². The third-order valence-corrected chi connectivity index (χ3v) is 3.48. The lowest BCUT2D eigenvalue weighted by atomic mass is 10.1. The molecule has 2 rings (SSSR count). The number of nitrogens with one attached hydrogen (secondary N) is 1. The topological polar surface area (TPSA) is 21.3 Å². The maximum atomic E-state index is 13.6. The number of ether oxygens (including phenoxy) is 1. The van der Waals surface area contributed by atoms with Gasteiger partial charge in [-0.1, -0.05) is 22.0 Å². The molecule has 0 radical (unpaired) electrons. The molecule has 1 heterocycles. The molecule has 0 aliphatic carbocycles. The molecule has 94 valence electrons. The lowest BCUT2D eigenvalue weighted by molar-refractivity contribution is 0.188. The number of hydrogen-bond donors (Lipinski definition) is 1. The summed E-state index contributed by atoms with van der Waals surface area (Å²) in [5.41, 5.74) is 0.757. The Morgan fingerprint density at radius 2 is 2.41 bits per heavy atom. The summed E-state index contributed by atoms with van der Waals surface area (Å²) < 4.78 is 19.7. The van der Waals surface area contributed by atoms with Crippen molar-refractivity contribution in [1.29, 1.82) is 0 Å². The van der Waals surface area contributed by atoms with Crippen LogP contribution >= 0.6 is 15.9 Å². The van der Waals surface area contributed by atoms with Gasteiger partial charge in [-0.3, -0.25) is 0 Å². The molecule has 0 spiro atoms. The number of rotatable bonds is 4. The highest BCUT2D eigenvalue weighted by molar-refractivity contribution is 9.10. The number of halogens is 2. The minimum Gasteiger partial charge on any atom is -0.380 e. The van der Waals surface area contributed by atoms with E-state index in [1.54, 1.807) is 0 Å². The SMILES string of the molecule is C[C@@H](Cc1ccc(Br)cc1F)N[C@H]1CCOC1. The van der Waals surface area contributed by atoms with Crippen molar-refractivity contribution in [3.63, 3.8) is 0 Å². The van der Waals surface area contributed by atoms with Gasteiger partial charge >= 0.3 is 0 Å². The first-order valence-corrected chi connectivity index (χ1v) is 6.72. The Hall–Kier alpha value is -0.450. The fourth-order valence-corrected chi connectivity index (χ4v) is 2.48. The van der Waals surface area contributed by atoms with E-state index in [4.69, 9.17) is 4.74 Å². The first-order valence-electron chi connectivity index (χ1n) is 5.93. The van der Waals surface area contributed by atoms with Gasteiger partial charge in [0.05, 0.1) is 6.61 Å². The molecular weight excluding hydrogens is 285 g/mol. The maximum absolute atomic E-state index is 13.6. The fraction of sp³-hybridized carbons (Fsp3) is 0.538. The zero-order valence-corrected chi connectivity index (χ0v) is 11.5. The zero-order chi connectivity index (χ0) is 12.3. The normalized spacial score (nSPS) is 21.7. The predicted molar refractivity (Wildman–Crippen MR) is 69.6 cm³/mol. The van der Waals surface area contributed by atoms with E-state index in [0.29, 0.717) is 12.5 Å². The van der Waals surface area contributed by atoms with Gasteiger partial charge in [0.15, 0.2) is 0 Å². The van der Waals surface area contributed by atoms with Gasteiger partial charge in [-0.05, 0) is 37.5 Å². The Bertz CT molecular complexity index is 380. The van der Waals surface area contributed by atoms with Crippen LogP contribution in [0.3, 0.4) is 0 Å². The predicted octanol–water partition coefficient (Wildman–Crippen LogP) is 2.90. The molecule has 0 unspecified atom stereocenters. The second kappa shape index (κ2) is 5.94. The Kier molecular flexibility index (Phi) is 4.54. The van der Waals surface area contributed by atoms with Gasteiger partial charge in [-0.15, -0.1) is 0 Å². The van der Waals surface area contributed by atoms with Gasteiger partial charge in [0.1, 0.15) is 5.82 Å². The molecule has 17 heavy (non-hydrogen) atoms. The first kappa shape index (κ1) is 13.0. The zero-order valence-electron chi connectivity index (χ0n) is 9.88. The smallest absolute Gasteiger partial charge is 0.127 e. The molecule has 0 amide bonds. The van der Waals surface area contributed by atoms with Gasteiger partial charge in [0, 0.05) is 23.2 Å². The first-order chi connectivity index (χ1) is 8.15. The summed E-state index contributed by atoms with van der Waals surface area (Å²) in [6, 6.07) is 5.91. The summed E-state index contributed by atoms with van der Waals surface area (Å²) in [6.07, 6.45) is 1.75. The van der Waals surface area contributed by atoms with Crippen molar-refractivity contribution in [1.82, 2.24) is 5.32 Å². The highest BCUT2D eigenvalue weighted by atomic mass is 79.9. The quantitative estimate of drug-likeness (QED) is 0.923. The highest BCUT2D eigenvalue weighted by Gasteiger charge is 2.18. The molecule has 1 N–H and O–H groups in total. The molecule has 1 fully saturated rings. The summed E-state index contributed by atoms with van der Waals surface area (Å²) in [4.78, 5) is 0. The van der Waals surface area contributed by atoms with Crippen molar-refractivity contribution < 1.29 is 9.13 Å². The van der Waals surface area contributed by atoms with Crippen LogP contribution in [0.2, 0.25) is 0 Å². The summed E-state index contributed by atoms with van der Waals surface area (Å²) in [5.74, 6) is -0.143. The van der Waals surface area contributed by atoms with E-state index in [0.717, 1.165) is 29.7 Å². The van der Waals surface area contributed by atoms with Crippen LogP contribution in [0, 0.1) is 5.82 Å². The van der Waals surface area contributed by atoms with Crippen molar-refractivity contribution >= 4 is 15.9 Å². The standard InChI is InChI=1S/C13H17BrFNO/c1-9(16-12-4-5-17-8-12)6-10-2-3-11(14)7-13(10)15/h2-3,7,9,12,16H,4-6,8H2,1H3/t9-,12-/m0/s1. The highest BCUT2D eigenvalue weighted by Crippen LogP contribution is 2.17. The molecule has 4 heteroatoms. The Balaban J connectivity index is 1.90. The van der Waals surface area contributed by atoms with Crippen LogP contribution in [-0.2, 0) is 11.2 Å². The van der Waals surface area contributed by atoms with Crippen LogP contribution in [0.4, 0.5) is 4.39 Å². The molecule has 1 aliphatic heterocycles. The molecule has 2 nitrogen and oxygen atoms in total. The molecular formula is C13H17BrFNO. The summed E-state index contributed by atoms with van der Waals surface area (Å²) in [7, 11) is 0. The Labute approximate surface area is 110 Å². The van der Waals surface area contributed by atoms with Crippen LogP contribution in [0.15, 0.2) is 22.7 Å². The third-order valence-electron chi connectivity index (χ3n) is 2.99. The van der Waals surface area contributed by atoms with Gasteiger partial charge in [-0.2, -0.15) is 0 Å². The lowest BCUT2D eigenvalue weighted by Crippen LogP contribution is -2.38. The summed E-state index contributed by atoms with van der Waals surface area (Å²) in [5, 5.41) is 3.47. The fourth-order valence-electron chi connectivity index (χ4n) is 2.14.